The molecule has 0 radical (unpaired) electrons. The highest BCUT2D eigenvalue weighted by Gasteiger charge is 2.36. The SMILES string of the molecule is C1=CC2C(=C1)C=C1C=C3CCC3=C12. The maximum atomic E-state index is 2.39. The van der Waals surface area contributed by atoms with Crippen molar-refractivity contribution in [3.8, 4) is 0 Å². The summed E-state index contributed by atoms with van der Waals surface area (Å²) in [4.78, 5) is 0. The molecule has 0 aromatic carbocycles. The summed E-state index contributed by atoms with van der Waals surface area (Å²) in [5, 5.41) is 0. The van der Waals surface area contributed by atoms with Crippen LogP contribution in [0, 0.1) is 5.92 Å². The summed E-state index contributed by atoms with van der Waals surface area (Å²) in [5.74, 6) is 0.624. The van der Waals surface area contributed by atoms with Gasteiger partial charge in [0.2, 0.25) is 0 Å². The van der Waals surface area contributed by atoms with E-state index in [-0.39, 0.29) is 0 Å². The molecule has 0 heterocycles. The highest BCUT2D eigenvalue weighted by atomic mass is 14.4. The highest BCUT2D eigenvalue weighted by molar-refractivity contribution is 5.72. The molecule has 4 rings (SSSR count). The fourth-order valence-electron chi connectivity index (χ4n) is 2.86. The van der Waals surface area contributed by atoms with E-state index in [2.05, 4.69) is 30.4 Å². The van der Waals surface area contributed by atoms with Crippen LogP contribution in [0.2, 0.25) is 0 Å². The molecule has 62 valence electrons. The van der Waals surface area contributed by atoms with Gasteiger partial charge in [0.05, 0.1) is 0 Å². The largest absolute Gasteiger partial charge is 0.0726 e. The van der Waals surface area contributed by atoms with Crippen molar-refractivity contribution in [1.82, 2.24) is 0 Å². The molecule has 0 aromatic heterocycles. The van der Waals surface area contributed by atoms with Gasteiger partial charge in [-0.1, -0.05) is 30.4 Å². The van der Waals surface area contributed by atoms with Gasteiger partial charge in [-0.15, -0.1) is 0 Å². The summed E-state index contributed by atoms with van der Waals surface area (Å²) in [6.07, 6.45) is 14.1. The summed E-state index contributed by atoms with van der Waals surface area (Å²) in [5.41, 5.74) is 7.90. The summed E-state index contributed by atoms with van der Waals surface area (Å²) in [6, 6.07) is 0. The van der Waals surface area contributed by atoms with Crippen molar-refractivity contribution in [2.75, 3.05) is 0 Å². The van der Waals surface area contributed by atoms with E-state index in [1.165, 1.54) is 24.0 Å². The standard InChI is InChI=1S/C13H10/c1-2-8-6-10-7-9-4-5-12(9)13(10)11(8)3-1/h1-3,6-7,11H,4-5H2. The zero-order chi connectivity index (χ0) is 8.41. The molecular weight excluding hydrogens is 156 g/mol. The molecule has 1 fully saturated rings. The van der Waals surface area contributed by atoms with Gasteiger partial charge in [-0.3, -0.25) is 0 Å². The predicted octanol–water partition coefficient (Wildman–Crippen LogP) is 3.07. The van der Waals surface area contributed by atoms with Crippen molar-refractivity contribution >= 4 is 0 Å². The third-order valence-corrected chi connectivity index (χ3v) is 3.58. The Morgan fingerprint density at radius 2 is 2.15 bits per heavy atom. The summed E-state index contributed by atoms with van der Waals surface area (Å²) >= 11 is 0. The van der Waals surface area contributed by atoms with Gasteiger partial charge in [0.1, 0.15) is 0 Å². The van der Waals surface area contributed by atoms with Crippen molar-refractivity contribution in [3.63, 3.8) is 0 Å². The lowest BCUT2D eigenvalue weighted by Gasteiger charge is -2.21. The van der Waals surface area contributed by atoms with Gasteiger partial charge >= 0.3 is 0 Å². The van der Waals surface area contributed by atoms with Gasteiger partial charge in [-0.05, 0) is 40.7 Å². The minimum absolute atomic E-state index is 0.624. The number of fused-ring (bicyclic) bond motifs is 4. The highest BCUT2D eigenvalue weighted by Crippen LogP contribution is 2.52. The van der Waals surface area contributed by atoms with Gasteiger partial charge < -0.3 is 0 Å². The van der Waals surface area contributed by atoms with E-state index in [1.54, 1.807) is 16.7 Å². The molecule has 1 unspecified atom stereocenters. The van der Waals surface area contributed by atoms with E-state index < -0.39 is 0 Å². The quantitative estimate of drug-likeness (QED) is 0.518. The van der Waals surface area contributed by atoms with E-state index in [1.807, 2.05) is 0 Å². The van der Waals surface area contributed by atoms with Crippen molar-refractivity contribution in [2.24, 2.45) is 5.92 Å². The minimum atomic E-state index is 0.624. The van der Waals surface area contributed by atoms with Gasteiger partial charge in [0.25, 0.3) is 0 Å². The van der Waals surface area contributed by atoms with Gasteiger partial charge in [-0.25, -0.2) is 0 Å². The van der Waals surface area contributed by atoms with Crippen molar-refractivity contribution in [2.45, 2.75) is 12.8 Å². The smallest absolute Gasteiger partial charge is 0.0281 e. The Balaban J connectivity index is 2.01. The van der Waals surface area contributed by atoms with E-state index in [4.69, 9.17) is 0 Å². The fraction of sp³-hybridized carbons (Fsp3) is 0.231. The normalized spacial score (nSPS) is 32.0. The molecular formula is C13H10. The Morgan fingerprint density at radius 1 is 1.15 bits per heavy atom. The summed E-state index contributed by atoms with van der Waals surface area (Å²) < 4.78 is 0. The van der Waals surface area contributed by atoms with Crippen molar-refractivity contribution in [1.29, 1.82) is 0 Å². The van der Waals surface area contributed by atoms with Crippen LogP contribution in [0.15, 0.2) is 58.2 Å². The first-order valence-electron chi connectivity index (χ1n) is 4.98. The molecule has 0 spiro atoms. The third-order valence-electron chi connectivity index (χ3n) is 3.58. The second-order valence-corrected chi connectivity index (χ2v) is 4.19. The molecule has 0 aromatic rings. The van der Waals surface area contributed by atoms with Crippen LogP contribution >= 0.6 is 0 Å². The number of rotatable bonds is 0. The first kappa shape index (κ1) is 6.20. The van der Waals surface area contributed by atoms with Crippen LogP contribution in [-0.4, -0.2) is 0 Å². The Kier molecular flexibility index (Phi) is 0.855. The molecule has 0 nitrogen and oxygen atoms in total. The average molecular weight is 166 g/mol. The molecule has 0 saturated heterocycles. The lowest BCUT2D eigenvalue weighted by molar-refractivity contribution is 0.805. The fourth-order valence-corrected chi connectivity index (χ4v) is 2.86. The number of hydrogen-bond donors (Lipinski definition) is 0. The van der Waals surface area contributed by atoms with Crippen molar-refractivity contribution < 1.29 is 0 Å². The molecule has 4 aliphatic carbocycles. The molecule has 0 heteroatoms. The average Bonchev–Trinajstić information content (AvgIpc) is 2.66. The lowest BCUT2D eigenvalue weighted by Crippen LogP contribution is -2.05. The number of allylic oxidation sites excluding steroid dienone is 10. The monoisotopic (exact) mass is 166 g/mol. The van der Waals surface area contributed by atoms with Crippen LogP contribution in [0.3, 0.4) is 0 Å². The zero-order valence-electron chi connectivity index (χ0n) is 7.38. The van der Waals surface area contributed by atoms with Gasteiger partial charge in [0, 0.05) is 5.92 Å². The molecule has 1 saturated carbocycles. The van der Waals surface area contributed by atoms with Gasteiger partial charge in [-0.2, -0.15) is 0 Å². The van der Waals surface area contributed by atoms with E-state index in [9.17, 15) is 0 Å². The molecule has 0 N–H and O–H groups in total. The topological polar surface area (TPSA) is 0 Å². The van der Waals surface area contributed by atoms with E-state index in [0.29, 0.717) is 5.92 Å². The minimum Gasteiger partial charge on any atom is -0.0726 e. The first-order valence-corrected chi connectivity index (χ1v) is 4.98. The summed E-state index contributed by atoms with van der Waals surface area (Å²) in [6.45, 7) is 0. The van der Waals surface area contributed by atoms with Crippen LogP contribution in [0.5, 0.6) is 0 Å². The Labute approximate surface area is 77.6 Å². The molecule has 0 aliphatic heterocycles. The maximum absolute atomic E-state index is 2.39. The molecule has 4 aliphatic rings. The zero-order valence-corrected chi connectivity index (χ0v) is 7.38. The van der Waals surface area contributed by atoms with Gasteiger partial charge in [0.15, 0.2) is 0 Å². The van der Waals surface area contributed by atoms with Crippen LogP contribution < -0.4 is 0 Å². The van der Waals surface area contributed by atoms with Crippen LogP contribution in [0.4, 0.5) is 0 Å². The van der Waals surface area contributed by atoms with Crippen molar-refractivity contribution in [3.05, 3.63) is 58.2 Å². The molecule has 13 heavy (non-hydrogen) atoms. The van der Waals surface area contributed by atoms with E-state index >= 15 is 0 Å². The molecule has 1 atom stereocenters. The number of hydrogen-bond acceptors (Lipinski definition) is 0. The Morgan fingerprint density at radius 3 is 3.00 bits per heavy atom. The van der Waals surface area contributed by atoms with Crippen LogP contribution in [-0.2, 0) is 0 Å². The Hall–Kier alpha value is -1.30. The van der Waals surface area contributed by atoms with Crippen LogP contribution in [0.1, 0.15) is 12.8 Å². The maximum Gasteiger partial charge on any atom is 0.0281 e. The van der Waals surface area contributed by atoms with Crippen LogP contribution in [0.25, 0.3) is 0 Å². The Bertz CT molecular complexity index is 462. The molecule has 0 amide bonds. The predicted molar refractivity (Wildman–Crippen MR) is 53.1 cm³/mol. The second-order valence-electron chi connectivity index (χ2n) is 4.19. The second kappa shape index (κ2) is 1.79. The first-order chi connectivity index (χ1) is 6.43. The third kappa shape index (κ3) is 0.570. The summed E-state index contributed by atoms with van der Waals surface area (Å²) in [7, 11) is 0. The van der Waals surface area contributed by atoms with E-state index in [0.717, 1.165) is 0 Å². The lowest BCUT2D eigenvalue weighted by atomic mass is 9.83. The molecule has 0 bridgehead atoms.